The Labute approximate surface area is 132 Å². The van der Waals surface area contributed by atoms with Gasteiger partial charge in [0.1, 0.15) is 0 Å². The average molecular weight is 303 g/mol. The third kappa shape index (κ3) is 4.00. The Hall–Kier alpha value is -2.04. The standard InChI is InChI=1S/C17H25N3O2/c1-3-15-13-19(17(22)18-4-2)11-10-16(21)20(15)12-14-8-6-5-7-9-14/h5-9,15H,3-4,10-13H2,1-2H3,(H,18,22)/t15-/m0/s1. The first-order chi connectivity index (χ1) is 10.7. The molecule has 1 fully saturated rings. The first-order valence-corrected chi connectivity index (χ1v) is 8.01. The second-order valence-corrected chi connectivity index (χ2v) is 5.60. The topological polar surface area (TPSA) is 52.7 Å². The molecule has 22 heavy (non-hydrogen) atoms. The van der Waals surface area contributed by atoms with Crippen LogP contribution in [-0.2, 0) is 11.3 Å². The molecule has 0 radical (unpaired) electrons. The molecule has 0 aliphatic carbocycles. The first-order valence-electron chi connectivity index (χ1n) is 8.01. The lowest BCUT2D eigenvalue weighted by Crippen LogP contribution is -2.46. The van der Waals surface area contributed by atoms with E-state index in [1.807, 2.05) is 42.2 Å². The number of amides is 3. The van der Waals surface area contributed by atoms with Gasteiger partial charge < -0.3 is 15.1 Å². The van der Waals surface area contributed by atoms with Gasteiger partial charge in [0.25, 0.3) is 0 Å². The third-order valence-electron chi connectivity index (χ3n) is 4.07. The first kappa shape index (κ1) is 16.3. The van der Waals surface area contributed by atoms with Gasteiger partial charge in [0.15, 0.2) is 0 Å². The molecule has 2 rings (SSSR count). The van der Waals surface area contributed by atoms with Crippen LogP contribution in [0.3, 0.4) is 0 Å². The van der Waals surface area contributed by atoms with E-state index in [0.29, 0.717) is 32.6 Å². The van der Waals surface area contributed by atoms with Crippen LogP contribution in [0.2, 0.25) is 0 Å². The van der Waals surface area contributed by atoms with Crippen molar-refractivity contribution in [2.24, 2.45) is 0 Å². The summed E-state index contributed by atoms with van der Waals surface area (Å²) in [5, 5.41) is 2.82. The third-order valence-corrected chi connectivity index (χ3v) is 4.07. The normalized spacial score (nSPS) is 19.0. The van der Waals surface area contributed by atoms with Gasteiger partial charge in [-0.05, 0) is 18.9 Å². The number of nitrogens with zero attached hydrogens (tertiary/aromatic N) is 2. The number of benzene rings is 1. The van der Waals surface area contributed by atoms with Gasteiger partial charge in [-0.25, -0.2) is 4.79 Å². The Morgan fingerprint density at radius 2 is 2.00 bits per heavy atom. The number of carbonyl (C=O) groups excluding carboxylic acids is 2. The Bertz CT molecular complexity index is 504. The highest BCUT2D eigenvalue weighted by molar-refractivity contribution is 5.79. The largest absolute Gasteiger partial charge is 0.338 e. The van der Waals surface area contributed by atoms with Gasteiger partial charge in [-0.3, -0.25) is 4.79 Å². The quantitative estimate of drug-likeness (QED) is 0.927. The fraction of sp³-hybridized carbons (Fsp3) is 0.529. The summed E-state index contributed by atoms with van der Waals surface area (Å²) in [5.41, 5.74) is 1.13. The Morgan fingerprint density at radius 1 is 1.27 bits per heavy atom. The van der Waals surface area contributed by atoms with E-state index >= 15 is 0 Å². The zero-order valence-electron chi connectivity index (χ0n) is 13.4. The maximum Gasteiger partial charge on any atom is 0.317 e. The zero-order valence-corrected chi connectivity index (χ0v) is 13.4. The van der Waals surface area contributed by atoms with Crippen LogP contribution in [0.15, 0.2) is 30.3 Å². The van der Waals surface area contributed by atoms with Crippen LogP contribution in [0.25, 0.3) is 0 Å². The van der Waals surface area contributed by atoms with Gasteiger partial charge >= 0.3 is 6.03 Å². The highest BCUT2D eigenvalue weighted by Crippen LogP contribution is 2.17. The Kier molecular flexibility index (Phi) is 5.81. The monoisotopic (exact) mass is 303 g/mol. The van der Waals surface area contributed by atoms with E-state index in [1.54, 1.807) is 4.90 Å². The number of hydrogen-bond acceptors (Lipinski definition) is 2. The van der Waals surface area contributed by atoms with E-state index in [0.717, 1.165) is 12.0 Å². The number of rotatable bonds is 4. The summed E-state index contributed by atoms with van der Waals surface area (Å²) in [6, 6.07) is 10.0. The zero-order chi connectivity index (χ0) is 15.9. The summed E-state index contributed by atoms with van der Waals surface area (Å²) in [7, 11) is 0. The summed E-state index contributed by atoms with van der Waals surface area (Å²) >= 11 is 0. The second kappa shape index (κ2) is 7.82. The average Bonchev–Trinajstić information content (AvgIpc) is 2.69. The maximum absolute atomic E-state index is 12.5. The van der Waals surface area contributed by atoms with E-state index < -0.39 is 0 Å². The van der Waals surface area contributed by atoms with Gasteiger partial charge in [-0.15, -0.1) is 0 Å². The molecule has 0 saturated carbocycles. The van der Waals surface area contributed by atoms with Crippen LogP contribution in [0.1, 0.15) is 32.3 Å². The highest BCUT2D eigenvalue weighted by Gasteiger charge is 2.30. The van der Waals surface area contributed by atoms with Crippen molar-refractivity contribution in [1.82, 2.24) is 15.1 Å². The van der Waals surface area contributed by atoms with E-state index in [9.17, 15) is 9.59 Å². The molecule has 1 atom stereocenters. The predicted octanol–water partition coefficient (Wildman–Crippen LogP) is 2.23. The Morgan fingerprint density at radius 3 is 2.64 bits per heavy atom. The molecule has 0 unspecified atom stereocenters. The lowest BCUT2D eigenvalue weighted by Gasteiger charge is -2.31. The molecular formula is C17H25N3O2. The molecule has 0 spiro atoms. The molecule has 1 saturated heterocycles. The van der Waals surface area contributed by atoms with E-state index in [4.69, 9.17) is 0 Å². The van der Waals surface area contributed by atoms with Crippen LogP contribution < -0.4 is 5.32 Å². The fourth-order valence-electron chi connectivity index (χ4n) is 2.82. The number of urea groups is 1. The number of nitrogens with one attached hydrogen (secondary N) is 1. The van der Waals surface area contributed by atoms with Crippen molar-refractivity contribution < 1.29 is 9.59 Å². The van der Waals surface area contributed by atoms with Crippen molar-refractivity contribution in [3.8, 4) is 0 Å². The molecular weight excluding hydrogens is 278 g/mol. The highest BCUT2D eigenvalue weighted by atomic mass is 16.2. The lowest BCUT2D eigenvalue weighted by atomic mass is 10.1. The van der Waals surface area contributed by atoms with Gasteiger partial charge in [-0.2, -0.15) is 0 Å². The predicted molar refractivity (Wildman–Crippen MR) is 86.3 cm³/mol. The molecule has 1 aromatic rings. The maximum atomic E-state index is 12.5. The van der Waals surface area contributed by atoms with Gasteiger partial charge in [0.05, 0.1) is 0 Å². The SMILES string of the molecule is CCNC(=O)N1CCC(=O)N(Cc2ccccc2)[C@@H](CC)C1. The fourth-order valence-corrected chi connectivity index (χ4v) is 2.82. The molecule has 120 valence electrons. The minimum Gasteiger partial charge on any atom is -0.338 e. The molecule has 1 N–H and O–H groups in total. The summed E-state index contributed by atoms with van der Waals surface area (Å²) in [6.45, 7) is 6.28. The summed E-state index contributed by atoms with van der Waals surface area (Å²) in [4.78, 5) is 28.2. The Balaban J connectivity index is 2.12. The van der Waals surface area contributed by atoms with Crippen LogP contribution in [0.4, 0.5) is 4.79 Å². The van der Waals surface area contributed by atoms with Crippen molar-refractivity contribution >= 4 is 11.9 Å². The molecule has 0 aromatic heterocycles. The molecule has 1 aliphatic heterocycles. The molecule has 0 bridgehead atoms. The smallest absolute Gasteiger partial charge is 0.317 e. The summed E-state index contributed by atoms with van der Waals surface area (Å²) in [6.07, 6.45) is 1.23. The second-order valence-electron chi connectivity index (χ2n) is 5.60. The molecule has 1 aliphatic rings. The molecule has 1 heterocycles. The van der Waals surface area contributed by atoms with Gasteiger partial charge in [0, 0.05) is 38.6 Å². The van der Waals surface area contributed by atoms with Crippen molar-refractivity contribution in [1.29, 1.82) is 0 Å². The van der Waals surface area contributed by atoms with Crippen LogP contribution in [-0.4, -0.2) is 47.4 Å². The van der Waals surface area contributed by atoms with Crippen molar-refractivity contribution in [2.75, 3.05) is 19.6 Å². The summed E-state index contributed by atoms with van der Waals surface area (Å²) in [5.74, 6) is 0.127. The minimum atomic E-state index is -0.0738. The van der Waals surface area contributed by atoms with Crippen LogP contribution in [0.5, 0.6) is 0 Å². The van der Waals surface area contributed by atoms with E-state index in [-0.39, 0.29) is 18.0 Å². The van der Waals surface area contributed by atoms with E-state index in [2.05, 4.69) is 12.2 Å². The van der Waals surface area contributed by atoms with Crippen molar-refractivity contribution in [3.05, 3.63) is 35.9 Å². The van der Waals surface area contributed by atoms with Gasteiger partial charge in [0.2, 0.25) is 5.91 Å². The molecule has 1 aromatic carbocycles. The number of carbonyl (C=O) groups is 2. The van der Waals surface area contributed by atoms with Crippen molar-refractivity contribution in [2.45, 2.75) is 39.3 Å². The van der Waals surface area contributed by atoms with Gasteiger partial charge in [-0.1, -0.05) is 37.3 Å². The molecule has 5 heteroatoms. The lowest BCUT2D eigenvalue weighted by molar-refractivity contribution is -0.133. The van der Waals surface area contributed by atoms with Crippen LogP contribution >= 0.6 is 0 Å². The van der Waals surface area contributed by atoms with Crippen molar-refractivity contribution in [3.63, 3.8) is 0 Å². The molecule has 3 amide bonds. The minimum absolute atomic E-state index is 0.0674. The summed E-state index contributed by atoms with van der Waals surface area (Å²) < 4.78 is 0. The van der Waals surface area contributed by atoms with Crippen LogP contribution in [0, 0.1) is 0 Å². The molecule has 5 nitrogen and oxygen atoms in total. The number of hydrogen-bond donors (Lipinski definition) is 1. The van der Waals surface area contributed by atoms with E-state index in [1.165, 1.54) is 0 Å².